The summed E-state index contributed by atoms with van der Waals surface area (Å²) in [5, 5.41) is 0. The summed E-state index contributed by atoms with van der Waals surface area (Å²) in [4.78, 5) is 28.2. The number of hydrogen-bond donors (Lipinski definition) is 0. The molecule has 3 aromatic heterocycles. The Kier molecular flexibility index (Phi) is 5.31. The quantitative estimate of drug-likeness (QED) is 0.526. The minimum absolute atomic E-state index is 0.0536. The van der Waals surface area contributed by atoms with Gasteiger partial charge in [0.05, 0.1) is 18.2 Å². The van der Waals surface area contributed by atoms with Crippen LogP contribution in [0.3, 0.4) is 0 Å². The minimum atomic E-state index is -4.20. The predicted molar refractivity (Wildman–Crippen MR) is 132 cm³/mol. The summed E-state index contributed by atoms with van der Waals surface area (Å²) in [6.07, 6.45) is 0.965. The number of halogens is 3. The van der Waals surface area contributed by atoms with E-state index in [9.17, 15) is 18.0 Å². The molecular formula is C26H29F3N6O2. The Morgan fingerprint density at radius 2 is 1.95 bits per heavy atom. The molecule has 8 nitrogen and oxygen atoms in total. The molecule has 4 unspecified atom stereocenters. The molecule has 4 heterocycles. The van der Waals surface area contributed by atoms with Crippen molar-refractivity contribution in [2.75, 3.05) is 25.6 Å². The fraction of sp³-hybridized carbons (Fsp3) is 0.538. The summed E-state index contributed by atoms with van der Waals surface area (Å²) in [6, 6.07) is 3.25. The van der Waals surface area contributed by atoms with E-state index >= 15 is 0 Å². The highest BCUT2D eigenvalue weighted by molar-refractivity contribution is 5.81. The van der Waals surface area contributed by atoms with E-state index in [1.54, 1.807) is 19.3 Å². The van der Waals surface area contributed by atoms with Gasteiger partial charge in [-0.05, 0) is 49.3 Å². The molecule has 0 saturated heterocycles. The standard InChI is InChI=1S/C26H29F3N6O2/c1-33(2)24-32-23-20(35(24)4)21(25-9-7-16(25)17(12-25)26(27,28)29)30-22(31-23)14-8-10-37-18(11-14)15-5-6-19(36)34(3)13-15/h5-6,11,13,16-18H,7-10,12H2,1-4H3. The number of nitrogens with zero attached hydrogens (tertiary/aromatic N) is 6. The lowest BCUT2D eigenvalue weighted by atomic mass is 9.41. The summed E-state index contributed by atoms with van der Waals surface area (Å²) in [5.41, 5.74) is 2.87. The van der Waals surface area contributed by atoms with E-state index in [4.69, 9.17) is 19.7 Å². The van der Waals surface area contributed by atoms with Gasteiger partial charge in [0, 0.05) is 51.4 Å². The second kappa shape index (κ2) is 8.14. The van der Waals surface area contributed by atoms with Crippen molar-refractivity contribution in [3.05, 3.63) is 51.8 Å². The Labute approximate surface area is 211 Å². The minimum Gasteiger partial charge on any atom is -0.369 e. The van der Waals surface area contributed by atoms with Crippen molar-refractivity contribution in [2.45, 2.75) is 43.4 Å². The van der Waals surface area contributed by atoms with Crippen LogP contribution in [0.5, 0.6) is 0 Å². The number of anilines is 1. The van der Waals surface area contributed by atoms with Crippen LogP contribution in [0.25, 0.3) is 16.7 Å². The molecule has 2 aliphatic carbocycles. The van der Waals surface area contributed by atoms with Gasteiger partial charge in [-0.3, -0.25) is 4.79 Å². The molecule has 6 rings (SSSR count). The molecule has 37 heavy (non-hydrogen) atoms. The second-order valence-electron chi connectivity index (χ2n) is 10.7. The number of alkyl halides is 3. The number of rotatable bonds is 4. The molecule has 0 bridgehead atoms. The van der Waals surface area contributed by atoms with Gasteiger partial charge in [0.15, 0.2) is 11.5 Å². The van der Waals surface area contributed by atoms with Crippen LogP contribution in [0.1, 0.15) is 48.9 Å². The fourth-order valence-electron chi connectivity index (χ4n) is 6.37. The average molecular weight is 515 g/mol. The number of aryl methyl sites for hydroxylation is 2. The van der Waals surface area contributed by atoms with Crippen LogP contribution in [0.2, 0.25) is 0 Å². The average Bonchev–Trinajstić information content (AvgIpc) is 3.18. The van der Waals surface area contributed by atoms with E-state index < -0.39 is 23.4 Å². The van der Waals surface area contributed by atoms with Gasteiger partial charge in [-0.15, -0.1) is 0 Å². The smallest absolute Gasteiger partial charge is 0.369 e. The lowest BCUT2D eigenvalue weighted by Crippen LogP contribution is -2.63. The summed E-state index contributed by atoms with van der Waals surface area (Å²) in [7, 11) is 7.31. The summed E-state index contributed by atoms with van der Waals surface area (Å²) >= 11 is 0. The highest BCUT2D eigenvalue weighted by atomic mass is 19.4. The monoisotopic (exact) mass is 514 g/mol. The summed E-state index contributed by atoms with van der Waals surface area (Å²) in [6.45, 7) is 0.436. The normalized spacial score (nSPS) is 27.3. The van der Waals surface area contributed by atoms with Crippen LogP contribution in [0.15, 0.2) is 29.2 Å². The second-order valence-corrected chi connectivity index (χ2v) is 10.7. The Morgan fingerprint density at radius 3 is 2.57 bits per heavy atom. The van der Waals surface area contributed by atoms with E-state index in [0.717, 1.165) is 11.1 Å². The Bertz CT molecular complexity index is 1490. The van der Waals surface area contributed by atoms with Crippen LogP contribution >= 0.6 is 0 Å². The molecule has 0 N–H and O–H groups in total. The number of pyridine rings is 1. The number of fused-ring (bicyclic) bond motifs is 2. The zero-order valence-electron chi connectivity index (χ0n) is 21.2. The van der Waals surface area contributed by atoms with Crippen LogP contribution < -0.4 is 10.5 Å². The van der Waals surface area contributed by atoms with E-state index in [-0.39, 0.29) is 18.1 Å². The third-order valence-corrected chi connectivity index (χ3v) is 8.43. The molecule has 1 aliphatic heterocycles. The van der Waals surface area contributed by atoms with E-state index in [0.29, 0.717) is 54.5 Å². The fourth-order valence-corrected chi connectivity index (χ4v) is 6.37. The summed E-state index contributed by atoms with van der Waals surface area (Å²) < 4.78 is 50.4. The first-order valence-electron chi connectivity index (χ1n) is 12.5. The van der Waals surface area contributed by atoms with Gasteiger partial charge in [0.25, 0.3) is 0 Å². The SMILES string of the molecule is CN(C)c1nc2nc(C3=CC(c4ccc(=O)n(C)c4)OCC3)nc(C34CCC3C(C(F)(F)F)C4)c2n1C. The first-order valence-corrected chi connectivity index (χ1v) is 12.5. The van der Waals surface area contributed by atoms with Gasteiger partial charge in [-0.1, -0.05) is 0 Å². The Balaban J connectivity index is 1.48. The van der Waals surface area contributed by atoms with Crippen LogP contribution in [0.4, 0.5) is 19.1 Å². The van der Waals surface area contributed by atoms with Gasteiger partial charge in [-0.25, -0.2) is 9.97 Å². The zero-order chi connectivity index (χ0) is 26.3. The van der Waals surface area contributed by atoms with Crippen molar-refractivity contribution in [2.24, 2.45) is 25.9 Å². The van der Waals surface area contributed by atoms with Gasteiger partial charge < -0.3 is 18.8 Å². The van der Waals surface area contributed by atoms with Crippen molar-refractivity contribution in [3.63, 3.8) is 0 Å². The number of ether oxygens (including phenoxy) is 1. The first-order chi connectivity index (χ1) is 17.5. The van der Waals surface area contributed by atoms with Crippen LogP contribution in [-0.4, -0.2) is 51.0 Å². The van der Waals surface area contributed by atoms with Gasteiger partial charge in [-0.2, -0.15) is 18.2 Å². The molecule has 4 atom stereocenters. The largest absolute Gasteiger partial charge is 0.392 e. The third kappa shape index (κ3) is 3.61. The first kappa shape index (κ1) is 24.1. The molecule has 0 spiro atoms. The number of imidazole rings is 1. The highest BCUT2D eigenvalue weighted by Crippen LogP contribution is 2.68. The predicted octanol–water partition coefficient (Wildman–Crippen LogP) is 3.90. The molecule has 11 heteroatoms. The van der Waals surface area contributed by atoms with E-state index in [2.05, 4.69) is 0 Å². The van der Waals surface area contributed by atoms with Gasteiger partial charge in [0.2, 0.25) is 11.5 Å². The molecule has 0 radical (unpaired) electrons. The van der Waals surface area contributed by atoms with Crippen molar-refractivity contribution in [1.82, 2.24) is 24.1 Å². The molecule has 196 valence electrons. The molecule has 2 fully saturated rings. The molecule has 3 aromatic rings. The maximum atomic E-state index is 13.7. The Morgan fingerprint density at radius 1 is 1.16 bits per heavy atom. The van der Waals surface area contributed by atoms with Crippen molar-refractivity contribution >= 4 is 22.7 Å². The lowest BCUT2D eigenvalue weighted by Gasteiger charge is -2.63. The van der Waals surface area contributed by atoms with Gasteiger partial charge >= 0.3 is 6.18 Å². The van der Waals surface area contributed by atoms with Crippen molar-refractivity contribution in [1.29, 1.82) is 0 Å². The Hall–Kier alpha value is -3.21. The zero-order valence-corrected chi connectivity index (χ0v) is 21.2. The molecule has 2 saturated carbocycles. The topological polar surface area (TPSA) is 78.1 Å². The molecular weight excluding hydrogens is 485 g/mol. The number of aromatic nitrogens is 5. The van der Waals surface area contributed by atoms with Gasteiger partial charge in [0.1, 0.15) is 11.6 Å². The molecule has 0 amide bonds. The number of hydrogen-bond acceptors (Lipinski definition) is 6. The van der Waals surface area contributed by atoms with Crippen LogP contribution in [0, 0.1) is 11.8 Å². The van der Waals surface area contributed by atoms with E-state index in [1.165, 1.54) is 10.6 Å². The molecule has 3 aliphatic rings. The summed E-state index contributed by atoms with van der Waals surface area (Å²) in [5.74, 6) is -0.587. The highest BCUT2D eigenvalue weighted by Gasteiger charge is 2.69. The van der Waals surface area contributed by atoms with Crippen LogP contribution in [-0.2, 0) is 24.2 Å². The van der Waals surface area contributed by atoms with Crippen molar-refractivity contribution < 1.29 is 17.9 Å². The maximum absolute atomic E-state index is 13.7. The lowest BCUT2D eigenvalue weighted by molar-refractivity contribution is -0.259. The maximum Gasteiger partial charge on any atom is 0.392 e. The van der Waals surface area contributed by atoms with E-state index in [1.807, 2.05) is 36.7 Å². The molecule has 0 aromatic carbocycles. The van der Waals surface area contributed by atoms with Crippen molar-refractivity contribution in [3.8, 4) is 0 Å². The third-order valence-electron chi connectivity index (χ3n) is 8.43.